The second kappa shape index (κ2) is 7.50. The van der Waals surface area contributed by atoms with E-state index in [-0.39, 0.29) is 0 Å². The number of hydrogen-bond acceptors (Lipinski definition) is 6. The Morgan fingerprint density at radius 3 is 2.71 bits per heavy atom. The van der Waals surface area contributed by atoms with E-state index in [9.17, 15) is 0 Å². The Morgan fingerprint density at radius 1 is 1.12 bits per heavy atom. The van der Waals surface area contributed by atoms with Gasteiger partial charge in [-0.1, -0.05) is 12.1 Å². The van der Waals surface area contributed by atoms with Crippen molar-refractivity contribution in [2.24, 2.45) is 0 Å². The van der Waals surface area contributed by atoms with Crippen LogP contribution in [0.4, 0.5) is 17.5 Å². The molecule has 0 radical (unpaired) electrons. The zero-order valence-electron chi connectivity index (χ0n) is 13.8. The Kier molecular flexibility index (Phi) is 4.96. The highest BCUT2D eigenvalue weighted by molar-refractivity contribution is 5.60. The number of benzene rings is 1. The van der Waals surface area contributed by atoms with Crippen LogP contribution in [0.5, 0.6) is 0 Å². The summed E-state index contributed by atoms with van der Waals surface area (Å²) in [6.07, 6.45) is 5.22. The summed E-state index contributed by atoms with van der Waals surface area (Å²) in [6.45, 7) is 5.60. The first-order valence-electron chi connectivity index (χ1n) is 7.93. The first kappa shape index (κ1) is 15.9. The molecule has 1 aromatic carbocycles. The van der Waals surface area contributed by atoms with Crippen LogP contribution in [0.2, 0.25) is 0 Å². The summed E-state index contributed by atoms with van der Waals surface area (Å²) >= 11 is 0. The van der Waals surface area contributed by atoms with Crippen LogP contribution in [0.15, 0.2) is 55.0 Å². The average Bonchev–Trinajstić information content (AvgIpc) is 2.62. The Bertz CT molecular complexity index is 790. The van der Waals surface area contributed by atoms with Crippen molar-refractivity contribution < 1.29 is 0 Å². The molecule has 0 atom stereocenters. The highest BCUT2D eigenvalue weighted by Gasteiger charge is 2.10. The summed E-state index contributed by atoms with van der Waals surface area (Å²) in [5, 5.41) is 11.4. The average molecular weight is 320 g/mol. The molecule has 3 rings (SSSR count). The molecule has 2 aromatic heterocycles. The van der Waals surface area contributed by atoms with Gasteiger partial charge in [-0.25, -0.2) is 0 Å². The molecule has 6 heteroatoms. The summed E-state index contributed by atoms with van der Waals surface area (Å²) in [5.74, 6) is 1.28. The zero-order valence-corrected chi connectivity index (χ0v) is 13.8. The summed E-state index contributed by atoms with van der Waals surface area (Å²) in [6, 6.07) is 12.2. The van der Waals surface area contributed by atoms with Gasteiger partial charge < -0.3 is 10.2 Å². The molecule has 0 amide bonds. The molecule has 0 saturated carbocycles. The van der Waals surface area contributed by atoms with Gasteiger partial charge in [0, 0.05) is 31.2 Å². The molecule has 0 bridgehead atoms. The van der Waals surface area contributed by atoms with Gasteiger partial charge in [0.15, 0.2) is 5.82 Å². The van der Waals surface area contributed by atoms with Gasteiger partial charge in [-0.05, 0) is 49.2 Å². The van der Waals surface area contributed by atoms with E-state index in [1.165, 1.54) is 5.56 Å². The Morgan fingerprint density at radius 2 is 1.96 bits per heavy atom. The van der Waals surface area contributed by atoms with Crippen molar-refractivity contribution in [3.63, 3.8) is 0 Å². The number of pyridine rings is 1. The molecule has 0 saturated heterocycles. The monoisotopic (exact) mass is 320 g/mol. The molecule has 0 fully saturated rings. The molecule has 3 aromatic rings. The Balaban J connectivity index is 1.78. The number of rotatable bonds is 6. The maximum Gasteiger partial charge on any atom is 0.244 e. The van der Waals surface area contributed by atoms with Crippen LogP contribution >= 0.6 is 0 Å². The predicted molar refractivity (Wildman–Crippen MR) is 95.2 cm³/mol. The first-order chi connectivity index (χ1) is 11.8. The highest BCUT2D eigenvalue weighted by atomic mass is 15.3. The van der Waals surface area contributed by atoms with Crippen LogP contribution in [0.1, 0.15) is 18.1 Å². The molecule has 0 aliphatic heterocycles. The van der Waals surface area contributed by atoms with E-state index < -0.39 is 0 Å². The van der Waals surface area contributed by atoms with Crippen molar-refractivity contribution in [2.45, 2.75) is 20.4 Å². The lowest BCUT2D eigenvalue weighted by Gasteiger charge is -2.22. The summed E-state index contributed by atoms with van der Waals surface area (Å²) in [5.41, 5.74) is 3.42. The van der Waals surface area contributed by atoms with Gasteiger partial charge in [-0.3, -0.25) is 4.98 Å². The third-order valence-corrected chi connectivity index (χ3v) is 3.65. The number of hydrogen-bond donors (Lipinski definition) is 1. The zero-order chi connectivity index (χ0) is 16.8. The lowest BCUT2D eigenvalue weighted by atomic mass is 10.2. The summed E-state index contributed by atoms with van der Waals surface area (Å²) in [7, 11) is 0. The third kappa shape index (κ3) is 3.84. The SMILES string of the molecule is CCN(c1cccc(C)c1)c1cnnc(NCc2ccncc2)n1. The number of nitrogens with zero attached hydrogens (tertiary/aromatic N) is 5. The van der Waals surface area contributed by atoms with Crippen molar-refractivity contribution >= 4 is 17.5 Å². The third-order valence-electron chi connectivity index (χ3n) is 3.65. The maximum atomic E-state index is 4.59. The minimum Gasteiger partial charge on any atom is -0.349 e. The fourth-order valence-corrected chi connectivity index (χ4v) is 2.45. The topological polar surface area (TPSA) is 66.8 Å². The largest absolute Gasteiger partial charge is 0.349 e. The van der Waals surface area contributed by atoms with E-state index >= 15 is 0 Å². The van der Waals surface area contributed by atoms with Crippen LogP contribution in [0, 0.1) is 6.92 Å². The van der Waals surface area contributed by atoms with Crippen molar-refractivity contribution in [1.29, 1.82) is 0 Å². The molecular weight excluding hydrogens is 300 g/mol. The van der Waals surface area contributed by atoms with Gasteiger partial charge in [0.05, 0.1) is 6.20 Å². The lowest BCUT2D eigenvalue weighted by molar-refractivity contribution is 0.904. The molecule has 122 valence electrons. The van der Waals surface area contributed by atoms with Gasteiger partial charge in [0.1, 0.15) is 0 Å². The van der Waals surface area contributed by atoms with Crippen molar-refractivity contribution in [3.8, 4) is 0 Å². The van der Waals surface area contributed by atoms with E-state index in [1.54, 1.807) is 18.6 Å². The molecule has 1 N–H and O–H groups in total. The van der Waals surface area contributed by atoms with Crippen molar-refractivity contribution in [1.82, 2.24) is 20.2 Å². The van der Waals surface area contributed by atoms with E-state index in [0.717, 1.165) is 23.6 Å². The normalized spacial score (nSPS) is 10.4. The first-order valence-corrected chi connectivity index (χ1v) is 7.93. The lowest BCUT2D eigenvalue weighted by Crippen LogP contribution is -2.19. The van der Waals surface area contributed by atoms with E-state index in [2.05, 4.69) is 62.4 Å². The van der Waals surface area contributed by atoms with E-state index in [0.29, 0.717) is 12.5 Å². The number of aromatic nitrogens is 4. The number of aryl methyl sites for hydroxylation is 1. The fraction of sp³-hybridized carbons (Fsp3) is 0.222. The van der Waals surface area contributed by atoms with E-state index in [1.807, 2.05) is 18.2 Å². The van der Waals surface area contributed by atoms with Crippen molar-refractivity contribution in [2.75, 3.05) is 16.8 Å². The second-order valence-electron chi connectivity index (χ2n) is 5.43. The summed E-state index contributed by atoms with van der Waals surface area (Å²) in [4.78, 5) is 10.7. The van der Waals surface area contributed by atoms with Crippen LogP contribution < -0.4 is 10.2 Å². The fourth-order valence-electron chi connectivity index (χ4n) is 2.45. The highest BCUT2D eigenvalue weighted by Crippen LogP contribution is 2.23. The van der Waals surface area contributed by atoms with Crippen LogP contribution in [0.3, 0.4) is 0 Å². The van der Waals surface area contributed by atoms with Crippen LogP contribution in [-0.2, 0) is 6.54 Å². The molecule has 24 heavy (non-hydrogen) atoms. The minimum atomic E-state index is 0.510. The van der Waals surface area contributed by atoms with Crippen molar-refractivity contribution in [3.05, 3.63) is 66.1 Å². The van der Waals surface area contributed by atoms with Gasteiger partial charge in [-0.2, -0.15) is 10.1 Å². The Hall–Kier alpha value is -3.02. The molecule has 2 heterocycles. The molecule has 0 aliphatic carbocycles. The molecular formula is C18H20N6. The van der Waals surface area contributed by atoms with Crippen LogP contribution in [-0.4, -0.2) is 26.7 Å². The van der Waals surface area contributed by atoms with Crippen LogP contribution in [0.25, 0.3) is 0 Å². The minimum absolute atomic E-state index is 0.510. The summed E-state index contributed by atoms with van der Waals surface area (Å²) < 4.78 is 0. The smallest absolute Gasteiger partial charge is 0.244 e. The predicted octanol–water partition coefficient (Wildman–Crippen LogP) is 3.35. The standard InChI is InChI=1S/C18H20N6/c1-3-24(16-6-4-5-14(2)11-16)17-13-21-23-18(22-17)20-12-15-7-9-19-10-8-15/h4-11,13H,3,12H2,1-2H3,(H,20,22,23). The maximum absolute atomic E-state index is 4.59. The van der Waals surface area contributed by atoms with Gasteiger partial charge in [0.2, 0.25) is 5.95 Å². The van der Waals surface area contributed by atoms with Gasteiger partial charge in [0.25, 0.3) is 0 Å². The second-order valence-corrected chi connectivity index (χ2v) is 5.43. The van der Waals surface area contributed by atoms with E-state index in [4.69, 9.17) is 0 Å². The van der Waals surface area contributed by atoms with Gasteiger partial charge >= 0.3 is 0 Å². The van der Waals surface area contributed by atoms with Gasteiger partial charge in [-0.15, -0.1) is 5.10 Å². The number of anilines is 3. The molecule has 0 aliphatic rings. The molecule has 0 spiro atoms. The molecule has 6 nitrogen and oxygen atoms in total. The molecule has 0 unspecified atom stereocenters. The number of nitrogens with one attached hydrogen (secondary N) is 1. The quantitative estimate of drug-likeness (QED) is 0.751. The Labute approximate surface area is 141 Å².